The number of fused-ring (bicyclic) bond motifs is 1. The quantitative estimate of drug-likeness (QED) is 0.367. The third-order valence-electron chi connectivity index (χ3n) is 3.95. The van der Waals surface area contributed by atoms with Gasteiger partial charge < -0.3 is 20.5 Å². The van der Waals surface area contributed by atoms with E-state index in [1.807, 2.05) is 0 Å². The average molecular weight is 431 g/mol. The van der Waals surface area contributed by atoms with Crippen LogP contribution in [0.5, 0.6) is 0 Å². The number of carbonyl (C=O) groups excluding carboxylic acids is 2. The zero-order valence-corrected chi connectivity index (χ0v) is 16.6. The SMILES string of the molecule is C=CCNC(=O)Nc1ccc(NC(=O)Cn2c(SC(F)F)nc3ccccc32)cc1. The van der Waals surface area contributed by atoms with Gasteiger partial charge in [0.15, 0.2) is 5.16 Å². The molecule has 3 amide bonds. The molecule has 0 radical (unpaired) electrons. The highest BCUT2D eigenvalue weighted by atomic mass is 32.2. The number of alkyl halides is 2. The Hall–Kier alpha value is -3.40. The lowest BCUT2D eigenvalue weighted by Crippen LogP contribution is -2.28. The van der Waals surface area contributed by atoms with E-state index >= 15 is 0 Å². The van der Waals surface area contributed by atoms with Crippen molar-refractivity contribution in [1.82, 2.24) is 14.9 Å². The van der Waals surface area contributed by atoms with Gasteiger partial charge in [-0.05, 0) is 48.2 Å². The number of carbonyl (C=O) groups is 2. The van der Waals surface area contributed by atoms with Gasteiger partial charge in [0, 0.05) is 17.9 Å². The maximum Gasteiger partial charge on any atom is 0.319 e. The largest absolute Gasteiger partial charge is 0.334 e. The van der Waals surface area contributed by atoms with Crippen LogP contribution in [0, 0.1) is 0 Å². The molecule has 3 aromatic rings. The molecule has 2 aromatic carbocycles. The van der Waals surface area contributed by atoms with Crippen molar-refractivity contribution in [3.63, 3.8) is 0 Å². The highest BCUT2D eigenvalue weighted by molar-refractivity contribution is 7.99. The Balaban J connectivity index is 1.67. The van der Waals surface area contributed by atoms with Gasteiger partial charge in [-0.1, -0.05) is 18.2 Å². The van der Waals surface area contributed by atoms with Gasteiger partial charge in [0.2, 0.25) is 5.91 Å². The highest BCUT2D eigenvalue weighted by Crippen LogP contribution is 2.28. The fraction of sp³-hybridized carbons (Fsp3) is 0.150. The summed E-state index contributed by atoms with van der Waals surface area (Å²) in [7, 11) is 0. The molecule has 1 heterocycles. The molecule has 10 heteroatoms. The molecule has 0 fully saturated rings. The fourth-order valence-electron chi connectivity index (χ4n) is 2.70. The molecule has 0 bridgehead atoms. The number of thioether (sulfide) groups is 1. The molecule has 1 aromatic heterocycles. The van der Waals surface area contributed by atoms with Crippen molar-refractivity contribution >= 4 is 46.1 Å². The molecule has 7 nitrogen and oxygen atoms in total. The van der Waals surface area contributed by atoms with Crippen molar-refractivity contribution in [2.24, 2.45) is 0 Å². The molecule has 3 N–H and O–H groups in total. The zero-order valence-electron chi connectivity index (χ0n) is 15.8. The summed E-state index contributed by atoms with van der Waals surface area (Å²) >= 11 is 0.298. The van der Waals surface area contributed by atoms with Crippen molar-refractivity contribution in [3.05, 3.63) is 61.2 Å². The molecule has 30 heavy (non-hydrogen) atoms. The van der Waals surface area contributed by atoms with E-state index in [9.17, 15) is 18.4 Å². The number of urea groups is 1. The molecule has 0 aliphatic rings. The number of aromatic nitrogens is 2. The van der Waals surface area contributed by atoms with Crippen LogP contribution >= 0.6 is 11.8 Å². The van der Waals surface area contributed by atoms with Crippen molar-refractivity contribution in [1.29, 1.82) is 0 Å². The summed E-state index contributed by atoms with van der Waals surface area (Å²) in [6.07, 6.45) is 1.56. The summed E-state index contributed by atoms with van der Waals surface area (Å²) in [5, 5.41) is 8.02. The van der Waals surface area contributed by atoms with Crippen LogP contribution in [0.3, 0.4) is 0 Å². The van der Waals surface area contributed by atoms with E-state index in [1.165, 1.54) is 4.57 Å². The number of amides is 3. The second kappa shape index (κ2) is 9.88. The Morgan fingerprint density at radius 2 is 1.77 bits per heavy atom. The molecule has 156 valence electrons. The highest BCUT2D eigenvalue weighted by Gasteiger charge is 2.17. The minimum absolute atomic E-state index is 0.0754. The molecule has 0 saturated heterocycles. The maximum absolute atomic E-state index is 12.9. The number of hydrogen-bond acceptors (Lipinski definition) is 4. The molecule has 0 spiro atoms. The lowest BCUT2D eigenvalue weighted by Gasteiger charge is -2.10. The smallest absolute Gasteiger partial charge is 0.319 e. The second-order valence-corrected chi connectivity index (χ2v) is 7.05. The van der Waals surface area contributed by atoms with Crippen molar-refractivity contribution < 1.29 is 18.4 Å². The number of benzene rings is 2. The molecule has 0 atom stereocenters. The van der Waals surface area contributed by atoms with Gasteiger partial charge in [-0.3, -0.25) is 4.79 Å². The number of halogens is 2. The molecule has 0 saturated carbocycles. The van der Waals surface area contributed by atoms with Gasteiger partial charge in [0.25, 0.3) is 5.76 Å². The summed E-state index contributed by atoms with van der Waals surface area (Å²) in [5.74, 6) is -3.04. The van der Waals surface area contributed by atoms with Crippen LogP contribution in [-0.2, 0) is 11.3 Å². The van der Waals surface area contributed by atoms with Gasteiger partial charge in [-0.25, -0.2) is 9.78 Å². The first-order chi connectivity index (χ1) is 14.5. The number of imidazole rings is 1. The number of nitrogens with one attached hydrogen (secondary N) is 3. The predicted molar refractivity (Wildman–Crippen MR) is 114 cm³/mol. The van der Waals surface area contributed by atoms with E-state index < -0.39 is 11.7 Å². The Kier molecular flexibility index (Phi) is 7.02. The summed E-state index contributed by atoms with van der Waals surface area (Å²) < 4.78 is 27.2. The van der Waals surface area contributed by atoms with Gasteiger partial charge in [-0.15, -0.1) is 6.58 Å². The average Bonchev–Trinajstić information content (AvgIpc) is 3.04. The second-order valence-electron chi connectivity index (χ2n) is 6.10. The summed E-state index contributed by atoms with van der Waals surface area (Å²) in [6.45, 7) is 3.69. The van der Waals surface area contributed by atoms with Crippen LogP contribution in [-0.4, -0.2) is 33.8 Å². The van der Waals surface area contributed by atoms with Crippen LogP contribution in [0.2, 0.25) is 0 Å². The summed E-state index contributed by atoms with van der Waals surface area (Å²) in [5.41, 5.74) is 2.19. The number of anilines is 2. The lowest BCUT2D eigenvalue weighted by atomic mass is 10.2. The summed E-state index contributed by atoms with van der Waals surface area (Å²) in [4.78, 5) is 28.3. The van der Waals surface area contributed by atoms with Crippen LogP contribution in [0.15, 0.2) is 66.3 Å². The molecular formula is C20H19F2N5O2S. The van der Waals surface area contributed by atoms with E-state index in [0.717, 1.165) is 0 Å². The van der Waals surface area contributed by atoms with E-state index in [-0.39, 0.29) is 17.7 Å². The van der Waals surface area contributed by atoms with Gasteiger partial charge >= 0.3 is 6.03 Å². The minimum atomic E-state index is -2.65. The first-order valence-corrected chi connectivity index (χ1v) is 9.80. The molecule has 0 unspecified atom stereocenters. The predicted octanol–water partition coefficient (Wildman–Crippen LogP) is 4.30. The van der Waals surface area contributed by atoms with Crippen molar-refractivity contribution in [2.75, 3.05) is 17.2 Å². The number of hydrogen-bond donors (Lipinski definition) is 3. The van der Waals surface area contributed by atoms with Gasteiger partial charge in [0.1, 0.15) is 6.54 Å². The topological polar surface area (TPSA) is 88.0 Å². The minimum Gasteiger partial charge on any atom is -0.334 e. The Bertz CT molecular complexity index is 1050. The Morgan fingerprint density at radius 1 is 1.10 bits per heavy atom. The third-order valence-corrected chi connectivity index (χ3v) is 4.65. The molecular weight excluding hydrogens is 412 g/mol. The van der Waals surface area contributed by atoms with Crippen LogP contribution < -0.4 is 16.0 Å². The van der Waals surface area contributed by atoms with Crippen molar-refractivity contribution in [3.8, 4) is 0 Å². The first-order valence-electron chi connectivity index (χ1n) is 8.92. The van der Waals surface area contributed by atoms with Crippen molar-refractivity contribution in [2.45, 2.75) is 17.5 Å². The van der Waals surface area contributed by atoms with E-state index in [0.29, 0.717) is 40.7 Å². The van der Waals surface area contributed by atoms with Crippen LogP contribution in [0.25, 0.3) is 11.0 Å². The van der Waals surface area contributed by atoms with E-state index in [2.05, 4.69) is 27.5 Å². The number of para-hydroxylation sites is 2. The maximum atomic E-state index is 12.9. The fourth-order valence-corrected chi connectivity index (χ4v) is 3.30. The van der Waals surface area contributed by atoms with Crippen LogP contribution in [0.1, 0.15) is 0 Å². The summed E-state index contributed by atoms with van der Waals surface area (Å²) in [6, 6.07) is 13.1. The standard InChI is InChI=1S/C20H19F2N5O2S/c1-2-11-23-19(29)25-14-9-7-13(8-10-14)24-17(28)12-27-16-6-4-3-5-15(16)26-20(27)30-18(21)22/h2-10,18H,1,11-12H2,(H,24,28)(H2,23,25,29). The van der Waals surface area contributed by atoms with Gasteiger partial charge in [0.05, 0.1) is 11.0 Å². The molecule has 3 rings (SSSR count). The lowest BCUT2D eigenvalue weighted by molar-refractivity contribution is -0.116. The van der Waals surface area contributed by atoms with E-state index in [4.69, 9.17) is 0 Å². The van der Waals surface area contributed by atoms with Crippen LogP contribution in [0.4, 0.5) is 25.0 Å². The van der Waals surface area contributed by atoms with Gasteiger partial charge in [-0.2, -0.15) is 8.78 Å². The first kappa shape index (κ1) is 21.3. The number of rotatable bonds is 8. The third kappa shape index (κ3) is 5.57. The number of nitrogens with zero attached hydrogens (tertiary/aromatic N) is 2. The monoisotopic (exact) mass is 431 g/mol. The zero-order chi connectivity index (χ0) is 21.5. The van der Waals surface area contributed by atoms with E-state index in [1.54, 1.807) is 54.6 Å². The molecule has 0 aliphatic heterocycles. The Morgan fingerprint density at radius 3 is 2.43 bits per heavy atom. The molecule has 0 aliphatic carbocycles. The Labute approximate surface area is 175 Å². The normalized spacial score (nSPS) is 10.8.